The largest absolute Gasteiger partial charge is 0.323 e. The quantitative estimate of drug-likeness (QED) is 0.925. The van der Waals surface area contributed by atoms with Gasteiger partial charge in [0, 0.05) is 37.6 Å². The van der Waals surface area contributed by atoms with Gasteiger partial charge in [0.2, 0.25) is 0 Å². The molecule has 1 atom stereocenters. The van der Waals surface area contributed by atoms with Gasteiger partial charge in [-0.05, 0) is 44.5 Å². The van der Waals surface area contributed by atoms with Crippen LogP contribution in [0.4, 0.5) is 10.6 Å². The minimum atomic E-state index is -0.0511. The number of urea groups is 1. The summed E-state index contributed by atoms with van der Waals surface area (Å²) >= 11 is 0. The van der Waals surface area contributed by atoms with Crippen molar-refractivity contribution in [2.75, 3.05) is 31.5 Å². The van der Waals surface area contributed by atoms with E-state index in [1.165, 1.54) is 25.9 Å². The Labute approximate surface area is 147 Å². The Kier molecular flexibility index (Phi) is 4.65. The van der Waals surface area contributed by atoms with Gasteiger partial charge in [0.15, 0.2) is 5.82 Å². The van der Waals surface area contributed by atoms with Crippen LogP contribution in [-0.2, 0) is 6.54 Å². The molecular formula is C18H24N6O. The maximum Gasteiger partial charge on any atom is 0.323 e. The second-order valence-corrected chi connectivity index (χ2v) is 6.78. The SMILES string of the molecule is O=C(Nc1ccn(Cc2ccccn2)n1)N1CCC(N2CCCC2)C1. The number of carbonyl (C=O) groups is 1. The van der Waals surface area contributed by atoms with Crippen molar-refractivity contribution in [1.29, 1.82) is 0 Å². The van der Waals surface area contributed by atoms with E-state index in [9.17, 15) is 4.79 Å². The van der Waals surface area contributed by atoms with Gasteiger partial charge in [0.25, 0.3) is 0 Å². The number of nitrogens with one attached hydrogen (secondary N) is 1. The molecule has 7 nitrogen and oxygen atoms in total. The molecule has 132 valence electrons. The molecule has 1 N–H and O–H groups in total. The van der Waals surface area contributed by atoms with Crippen LogP contribution < -0.4 is 5.32 Å². The average molecular weight is 340 g/mol. The Morgan fingerprint density at radius 1 is 1.20 bits per heavy atom. The zero-order valence-corrected chi connectivity index (χ0v) is 14.3. The molecule has 7 heteroatoms. The zero-order valence-electron chi connectivity index (χ0n) is 14.3. The van der Waals surface area contributed by atoms with Crippen LogP contribution in [0.25, 0.3) is 0 Å². The van der Waals surface area contributed by atoms with Gasteiger partial charge in [-0.1, -0.05) is 6.07 Å². The van der Waals surface area contributed by atoms with Gasteiger partial charge in [-0.2, -0.15) is 5.10 Å². The lowest BCUT2D eigenvalue weighted by atomic mass is 10.2. The van der Waals surface area contributed by atoms with Gasteiger partial charge in [-0.3, -0.25) is 19.9 Å². The average Bonchev–Trinajstić information content (AvgIpc) is 3.37. The normalized spacial score (nSPS) is 21.0. The van der Waals surface area contributed by atoms with Crippen molar-refractivity contribution < 1.29 is 4.79 Å². The molecule has 4 heterocycles. The van der Waals surface area contributed by atoms with Gasteiger partial charge in [-0.15, -0.1) is 0 Å². The van der Waals surface area contributed by atoms with Gasteiger partial charge in [-0.25, -0.2) is 4.79 Å². The molecule has 0 aromatic carbocycles. The molecule has 2 saturated heterocycles. The molecule has 0 spiro atoms. The molecule has 25 heavy (non-hydrogen) atoms. The summed E-state index contributed by atoms with van der Waals surface area (Å²) < 4.78 is 1.79. The van der Waals surface area contributed by atoms with E-state index in [0.29, 0.717) is 18.4 Å². The molecular weight excluding hydrogens is 316 g/mol. The number of carbonyl (C=O) groups excluding carboxylic acids is 1. The number of aromatic nitrogens is 3. The molecule has 4 rings (SSSR count). The molecule has 1 unspecified atom stereocenters. The van der Waals surface area contributed by atoms with Crippen molar-refractivity contribution in [3.8, 4) is 0 Å². The van der Waals surface area contributed by atoms with Crippen molar-refractivity contribution in [2.45, 2.75) is 31.8 Å². The number of nitrogens with zero attached hydrogens (tertiary/aromatic N) is 5. The van der Waals surface area contributed by atoms with Gasteiger partial charge in [0.1, 0.15) is 0 Å². The zero-order chi connectivity index (χ0) is 17.1. The second-order valence-electron chi connectivity index (χ2n) is 6.78. The number of hydrogen-bond acceptors (Lipinski definition) is 4. The van der Waals surface area contributed by atoms with Gasteiger partial charge >= 0.3 is 6.03 Å². The van der Waals surface area contributed by atoms with Crippen LogP contribution in [0.1, 0.15) is 25.0 Å². The number of amides is 2. The topological polar surface area (TPSA) is 66.3 Å². The van der Waals surface area contributed by atoms with Crippen LogP contribution in [0.3, 0.4) is 0 Å². The Morgan fingerprint density at radius 2 is 2.08 bits per heavy atom. The summed E-state index contributed by atoms with van der Waals surface area (Å²) in [6, 6.07) is 8.11. The number of anilines is 1. The first-order chi connectivity index (χ1) is 12.3. The maximum atomic E-state index is 12.5. The van der Waals surface area contributed by atoms with E-state index in [2.05, 4.69) is 20.3 Å². The highest BCUT2D eigenvalue weighted by atomic mass is 16.2. The number of rotatable bonds is 4. The predicted octanol–water partition coefficient (Wildman–Crippen LogP) is 2.03. The van der Waals surface area contributed by atoms with E-state index in [1.807, 2.05) is 35.4 Å². The molecule has 2 fully saturated rings. The number of likely N-dealkylation sites (tertiary alicyclic amines) is 2. The molecule has 0 aliphatic carbocycles. The Hall–Kier alpha value is -2.41. The highest BCUT2D eigenvalue weighted by Gasteiger charge is 2.31. The standard InChI is InChI=1S/C18H24N6O/c25-18(23-11-6-16(14-23)22-9-3-4-10-22)20-17-7-12-24(21-17)13-15-5-1-2-8-19-15/h1-2,5,7-8,12,16H,3-4,6,9-11,13-14H2,(H,20,21,25). The first kappa shape index (κ1) is 16.1. The smallest absolute Gasteiger partial charge is 0.323 e. The first-order valence-corrected chi connectivity index (χ1v) is 9.01. The molecule has 2 aliphatic heterocycles. The van der Waals surface area contributed by atoms with Crippen molar-refractivity contribution in [2.24, 2.45) is 0 Å². The van der Waals surface area contributed by atoms with Crippen LogP contribution in [0.5, 0.6) is 0 Å². The van der Waals surface area contributed by atoms with Crippen molar-refractivity contribution in [3.05, 3.63) is 42.4 Å². The molecule has 2 aromatic rings. The fraction of sp³-hybridized carbons (Fsp3) is 0.500. The lowest BCUT2D eigenvalue weighted by molar-refractivity contribution is 0.210. The summed E-state index contributed by atoms with van der Waals surface area (Å²) in [5.74, 6) is 0.588. The Bertz CT molecular complexity index is 709. The van der Waals surface area contributed by atoms with Crippen molar-refractivity contribution >= 4 is 11.8 Å². The fourth-order valence-corrected chi connectivity index (χ4v) is 3.69. The summed E-state index contributed by atoms with van der Waals surface area (Å²) in [4.78, 5) is 21.2. The van der Waals surface area contributed by atoms with Crippen LogP contribution >= 0.6 is 0 Å². The third-order valence-corrected chi connectivity index (χ3v) is 5.03. The minimum Gasteiger partial charge on any atom is -0.323 e. The number of pyridine rings is 1. The molecule has 0 bridgehead atoms. The molecule has 0 saturated carbocycles. The summed E-state index contributed by atoms with van der Waals surface area (Å²) in [6.45, 7) is 4.59. The van der Waals surface area contributed by atoms with Crippen LogP contribution in [0.15, 0.2) is 36.7 Å². The van der Waals surface area contributed by atoms with E-state index >= 15 is 0 Å². The summed E-state index contributed by atoms with van der Waals surface area (Å²) in [6.07, 6.45) is 7.28. The molecule has 2 aromatic heterocycles. The maximum absolute atomic E-state index is 12.5. The van der Waals surface area contributed by atoms with E-state index in [4.69, 9.17) is 0 Å². The van der Waals surface area contributed by atoms with E-state index in [1.54, 1.807) is 10.9 Å². The summed E-state index contributed by atoms with van der Waals surface area (Å²) in [5.41, 5.74) is 0.941. The van der Waals surface area contributed by atoms with Crippen LogP contribution in [0, 0.1) is 0 Å². The molecule has 2 amide bonds. The fourth-order valence-electron chi connectivity index (χ4n) is 3.69. The number of hydrogen-bond donors (Lipinski definition) is 1. The Balaban J connectivity index is 1.31. The van der Waals surface area contributed by atoms with Crippen LogP contribution in [-0.4, -0.2) is 62.8 Å². The van der Waals surface area contributed by atoms with Gasteiger partial charge < -0.3 is 4.90 Å². The Morgan fingerprint density at radius 3 is 2.88 bits per heavy atom. The minimum absolute atomic E-state index is 0.0511. The second kappa shape index (κ2) is 7.23. The first-order valence-electron chi connectivity index (χ1n) is 9.01. The van der Waals surface area contributed by atoms with Crippen molar-refractivity contribution in [3.63, 3.8) is 0 Å². The van der Waals surface area contributed by atoms with Crippen LogP contribution in [0.2, 0.25) is 0 Å². The third-order valence-electron chi connectivity index (χ3n) is 5.03. The summed E-state index contributed by atoms with van der Waals surface area (Å²) in [7, 11) is 0. The highest BCUT2D eigenvalue weighted by molar-refractivity contribution is 5.88. The summed E-state index contributed by atoms with van der Waals surface area (Å²) in [5, 5.41) is 7.34. The van der Waals surface area contributed by atoms with E-state index < -0.39 is 0 Å². The van der Waals surface area contributed by atoms with Crippen molar-refractivity contribution in [1.82, 2.24) is 24.6 Å². The predicted molar refractivity (Wildman–Crippen MR) is 95.4 cm³/mol. The monoisotopic (exact) mass is 340 g/mol. The third kappa shape index (κ3) is 3.82. The lowest BCUT2D eigenvalue weighted by Crippen LogP contribution is -2.38. The van der Waals surface area contributed by atoms with E-state index in [-0.39, 0.29) is 6.03 Å². The van der Waals surface area contributed by atoms with Gasteiger partial charge in [0.05, 0.1) is 12.2 Å². The molecule has 0 radical (unpaired) electrons. The van der Waals surface area contributed by atoms with E-state index in [0.717, 1.165) is 25.2 Å². The highest BCUT2D eigenvalue weighted by Crippen LogP contribution is 2.21. The lowest BCUT2D eigenvalue weighted by Gasteiger charge is -2.23. The molecule has 2 aliphatic rings.